The highest BCUT2D eigenvalue weighted by molar-refractivity contribution is 8.76. The van der Waals surface area contributed by atoms with E-state index in [0.29, 0.717) is 0 Å². The van der Waals surface area contributed by atoms with Gasteiger partial charge in [-0.3, -0.25) is 0 Å². The number of aliphatic hydroxyl groups is 2. The minimum absolute atomic E-state index is 0.00324. The maximum absolute atomic E-state index is 10.4. The Balaban J connectivity index is 2.10. The molecule has 2 radical (unpaired) electrons. The molecule has 0 amide bonds. The molecule has 0 spiro atoms. The van der Waals surface area contributed by atoms with E-state index in [9.17, 15) is 10.2 Å². The number of methoxy groups -OCH3 is 1. The monoisotopic (exact) mass is 453 g/mol. The van der Waals surface area contributed by atoms with Crippen LogP contribution in [0.15, 0.2) is 0 Å². The highest BCUT2D eigenvalue weighted by atomic mass is 33.1. The van der Waals surface area contributed by atoms with Gasteiger partial charge in [0, 0.05) is 36.7 Å². The summed E-state index contributed by atoms with van der Waals surface area (Å²) in [7, 11) is 9.63. The molecule has 28 heavy (non-hydrogen) atoms. The average molecular weight is 453 g/mol. The molecular formula is C17H33BNO6PS2. The Hall–Kier alpha value is 0.915. The van der Waals surface area contributed by atoms with Crippen LogP contribution in [0.4, 0.5) is 0 Å². The first kappa shape index (κ1) is 25.2. The molecule has 0 bridgehead atoms. The van der Waals surface area contributed by atoms with E-state index in [1.165, 1.54) is 6.92 Å². The molecule has 162 valence electrons. The molecule has 0 aliphatic carbocycles. The molecule has 0 saturated carbocycles. The first-order chi connectivity index (χ1) is 13.1. The van der Waals surface area contributed by atoms with E-state index in [2.05, 4.69) is 32.4 Å². The van der Waals surface area contributed by atoms with Crippen LogP contribution in [0.25, 0.3) is 0 Å². The maximum Gasteiger partial charge on any atom is 0.259 e. The molecule has 2 fully saturated rings. The third-order valence-corrected chi connectivity index (χ3v) is 9.47. The zero-order valence-corrected chi connectivity index (χ0v) is 20.0. The molecule has 0 aromatic rings. The number of nitrogens with zero attached hydrogens (tertiary/aromatic N) is 1. The maximum atomic E-state index is 10.4. The summed E-state index contributed by atoms with van der Waals surface area (Å²) in [5.41, 5.74) is -1.51. The third kappa shape index (κ3) is 5.99. The fourth-order valence-corrected chi connectivity index (χ4v) is 7.57. The summed E-state index contributed by atoms with van der Waals surface area (Å²) < 4.78 is 25.9. The van der Waals surface area contributed by atoms with Crippen molar-refractivity contribution in [3.8, 4) is 0 Å². The molecule has 0 aromatic carbocycles. The van der Waals surface area contributed by atoms with Crippen molar-refractivity contribution >= 4 is 38.0 Å². The van der Waals surface area contributed by atoms with E-state index >= 15 is 0 Å². The van der Waals surface area contributed by atoms with Crippen LogP contribution in [0.2, 0.25) is 0 Å². The van der Waals surface area contributed by atoms with Crippen LogP contribution in [0.3, 0.4) is 0 Å². The minimum Gasteiger partial charge on any atom is -0.387 e. The van der Waals surface area contributed by atoms with E-state index in [1.54, 1.807) is 28.7 Å². The van der Waals surface area contributed by atoms with Gasteiger partial charge in [-0.05, 0) is 34.6 Å². The fourth-order valence-electron chi connectivity index (χ4n) is 3.22. The summed E-state index contributed by atoms with van der Waals surface area (Å²) in [6.45, 7) is 9.95. The second-order valence-electron chi connectivity index (χ2n) is 7.85. The van der Waals surface area contributed by atoms with Gasteiger partial charge in [-0.2, -0.15) is 0 Å². The van der Waals surface area contributed by atoms with Gasteiger partial charge in [0.05, 0.1) is 12.7 Å². The van der Waals surface area contributed by atoms with Crippen LogP contribution in [-0.4, -0.2) is 96.1 Å². The SMILES string of the molecule is [B][C@@H]1O[C@H](COP(O[C@H]2CSSC[C@@H]2OC)N(C(C)C)C(C)C)[C@@H](O)[C@@]1(C)O. The number of hydrogen-bond acceptors (Lipinski definition) is 9. The lowest BCUT2D eigenvalue weighted by molar-refractivity contribution is -0.0469. The molecule has 1 unspecified atom stereocenters. The Kier molecular flexibility index (Phi) is 9.87. The van der Waals surface area contributed by atoms with Gasteiger partial charge in [0.1, 0.15) is 31.8 Å². The van der Waals surface area contributed by atoms with Gasteiger partial charge in [0.15, 0.2) is 0 Å². The molecule has 11 heteroatoms. The standard InChI is InChI=1S/C17H33BNO6PS2/c1-10(2)19(11(3)4)26(25-14-9-28-27-8-13(14)22-6)23-7-12-15(20)17(5,21)16(18)24-12/h10-16,20-21H,7-9H2,1-6H3/t12-,13+,14+,15-,16-,17-,26?/m1/s1. The van der Waals surface area contributed by atoms with Crippen molar-refractivity contribution in [2.45, 2.75) is 82.7 Å². The zero-order valence-electron chi connectivity index (χ0n) is 17.5. The van der Waals surface area contributed by atoms with Gasteiger partial charge in [0.2, 0.25) is 0 Å². The highest BCUT2D eigenvalue weighted by Gasteiger charge is 2.49. The van der Waals surface area contributed by atoms with Crippen molar-refractivity contribution in [3.05, 3.63) is 0 Å². The van der Waals surface area contributed by atoms with Crippen molar-refractivity contribution < 1.29 is 28.7 Å². The normalized spacial score (nSPS) is 37.9. The van der Waals surface area contributed by atoms with Gasteiger partial charge in [0.25, 0.3) is 8.53 Å². The molecular weight excluding hydrogens is 420 g/mol. The number of ether oxygens (including phenoxy) is 2. The number of aliphatic hydroxyl groups excluding tert-OH is 1. The largest absolute Gasteiger partial charge is 0.387 e. The molecule has 7 nitrogen and oxygen atoms in total. The predicted molar refractivity (Wildman–Crippen MR) is 117 cm³/mol. The minimum atomic E-state index is -1.51. The number of rotatable bonds is 9. The smallest absolute Gasteiger partial charge is 0.259 e. The van der Waals surface area contributed by atoms with Gasteiger partial charge in [-0.1, -0.05) is 21.6 Å². The molecule has 2 rings (SSSR count). The van der Waals surface area contributed by atoms with E-state index in [0.717, 1.165) is 11.5 Å². The summed E-state index contributed by atoms with van der Waals surface area (Å²) >= 11 is 0. The van der Waals surface area contributed by atoms with Gasteiger partial charge in [-0.25, -0.2) is 4.67 Å². The fraction of sp³-hybridized carbons (Fsp3) is 1.00. The van der Waals surface area contributed by atoms with Crippen molar-refractivity contribution in [3.63, 3.8) is 0 Å². The van der Waals surface area contributed by atoms with Gasteiger partial charge >= 0.3 is 0 Å². The van der Waals surface area contributed by atoms with E-state index in [4.69, 9.17) is 26.4 Å². The quantitative estimate of drug-likeness (QED) is 0.310. The molecule has 2 aliphatic heterocycles. The zero-order chi connectivity index (χ0) is 21.1. The lowest BCUT2D eigenvalue weighted by Gasteiger charge is -2.39. The molecule has 2 saturated heterocycles. The molecule has 2 N–H and O–H groups in total. The van der Waals surface area contributed by atoms with Crippen LogP contribution in [-0.2, 0) is 18.5 Å². The second-order valence-corrected chi connectivity index (χ2v) is 11.8. The van der Waals surface area contributed by atoms with Crippen molar-refractivity contribution in [1.82, 2.24) is 4.67 Å². The predicted octanol–water partition coefficient (Wildman–Crippen LogP) is 2.15. The van der Waals surface area contributed by atoms with Crippen molar-refractivity contribution in [2.24, 2.45) is 0 Å². The Morgan fingerprint density at radius 3 is 2.25 bits per heavy atom. The summed E-state index contributed by atoms with van der Waals surface area (Å²) in [5.74, 6) is 1.68. The summed E-state index contributed by atoms with van der Waals surface area (Å²) in [6.07, 6.45) is -1.92. The lowest BCUT2D eigenvalue weighted by Crippen LogP contribution is -2.46. The highest BCUT2D eigenvalue weighted by Crippen LogP contribution is 2.50. The Morgan fingerprint density at radius 2 is 1.79 bits per heavy atom. The Labute approximate surface area is 179 Å². The summed E-state index contributed by atoms with van der Waals surface area (Å²) in [6, 6.07) is -0.547. The lowest BCUT2D eigenvalue weighted by atomic mass is 9.82. The van der Waals surface area contributed by atoms with Crippen molar-refractivity contribution in [2.75, 3.05) is 25.2 Å². The molecule has 2 aliphatic rings. The molecule has 0 aromatic heterocycles. The Morgan fingerprint density at radius 1 is 1.21 bits per heavy atom. The van der Waals surface area contributed by atoms with E-state index < -0.39 is 32.3 Å². The molecule has 2 heterocycles. The first-order valence-electron chi connectivity index (χ1n) is 9.56. The van der Waals surface area contributed by atoms with Gasteiger partial charge < -0.3 is 28.7 Å². The third-order valence-electron chi connectivity index (χ3n) is 4.94. The topological polar surface area (TPSA) is 80.6 Å². The van der Waals surface area contributed by atoms with E-state index in [1.807, 2.05) is 0 Å². The van der Waals surface area contributed by atoms with Crippen LogP contribution in [0.5, 0.6) is 0 Å². The van der Waals surface area contributed by atoms with Gasteiger partial charge in [-0.15, -0.1) is 0 Å². The summed E-state index contributed by atoms with van der Waals surface area (Å²) in [4.78, 5) is 0. The molecule has 7 atom stereocenters. The Bertz CT molecular complexity index is 485. The van der Waals surface area contributed by atoms with Crippen molar-refractivity contribution in [1.29, 1.82) is 0 Å². The van der Waals surface area contributed by atoms with E-state index in [-0.39, 0.29) is 30.9 Å². The second kappa shape index (κ2) is 11.0. The van der Waals surface area contributed by atoms with Crippen LogP contribution < -0.4 is 0 Å². The average Bonchev–Trinajstić information content (AvgIpc) is 2.82. The summed E-state index contributed by atoms with van der Waals surface area (Å²) in [5, 5.41) is 20.6. The van der Waals surface area contributed by atoms with Crippen LogP contribution in [0, 0.1) is 0 Å². The van der Waals surface area contributed by atoms with Crippen LogP contribution in [0.1, 0.15) is 34.6 Å². The number of hydrogen-bond donors (Lipinski definition) is 2. The van der Waals surface area contributed by atoms with Crippen LogP contribution >= 0.6 is 30.1 Å². The first-order valence-corrected chi connectivity index (χ1v) is 13.2.